The van der Waals surface area contributed by atoms with Gasteiger partial charge in [0.25, 0.3) is 0 Å². The number of likely N-dealkylation sites (N-methyl/N-ethyl adjacent to an activating group) is 1. The van der Waals surface area contributed by atoms with Crippen LogP contribution >= 0.6 is 11.6 Å². The van der Waals surface area contributed by atoms with E-state index in [9.17, 15) is 0 Å². The molecule has 0 aromatic heterocycles. The minimum absolute atomic E-state index is 0.663. The Balaban J connectivity index is 4.46. The molecule has 0 saturated carbocycles. The smallest absolute Gasteiger partial charge is 0.111 e. The Kier molecular flexibility index (Phi) is 14.0. The molecule has 0 amide bonds. The van der Waals surface area contributed by atoms with E-state index in [2.05, 4.69) is 43.6 Å². The predicted molar refractivity (Wildman–Crippen MR) is 104 cm³/mol. The Morgan fingerprint density at radius 2 is 1.96 bits per heavy atom. The second-order valence-corrected chi connectivity index (χ2v) is 6.34. The van der Waals surface area contributed by atoms with Gasteiger partial charge in [0.05, 0.1) is 0 Å². The zero-order valence-electron chi connectivity index (χ0n) is 15.4. The number of rotatable bonds is 13. The molecule has 0 atom stereocenters. The van der Waals surface area contributed by atoms with Crippen molar-refractivity contribution in [1.82, 2.24) is 4.90 Å². The van der Waals surface area contributed by atoms with E-state index < -0.39 is 0 Å². The van der Waals surface area contributed by atoms with Crippen molar-refractivity contribution in [2.75, 3.05) is 33.1 Å². The molecular formula is C20H34ClNO. The SMILES string of the molecule is C=C(C=CCC(=CCCCl)C(C)=CCCCC)OCCN(C)C. The van der Waals surface area contributed by atoms with Gasteiger partial charge in [0.1, 0.15) is 12.4 Å². The Morgan fingerprint density at radius 3 is 2.57 bits per heavy atom. The molecule has 0 fully saturated rings. The quantitative estimate of drug-likeness (QED) is 0.184. The van der Waals surface area contributed by atoms with Gasteiger partial charge in [-0.15, -0.1) is 11.6 Å². The largest absolute Gasteiger partial charge is 0.493 e. The van der Waals surface area contributed by atoms with Crippen LogP contribution in [0.15, 0.2) is 47.8 Å². The summed E-state index contributed by atoms with van der Waals surface area (Å²) in [7, 11) is 4.06. The molecule has 0 aliphatic carbocycles. The van der Waals surface area contributed by atoms with Crippen molar-refractivity contribution < 1.29 is 4.74 Å². The molecule has 0 spiro atoms. The molecule has 132 valence electrons. The molecular weight excluding hydrogens is 306 g/mol. The number of unbranched alkanes of at least 4 members (excludes halogenated alkanes) is 2. The van der Waals surface area contributed by atoms with Crippen LogP contribution in [-0.4, -0.2) is 38.0 Å². The summed E-state index contributed by atoms with van der Waals surface area (Å²) in [6.07, 6.45) is 14.1. The number of alkyl halides is 1. The molecule has 3 heteroatoms. The molecule has 23 heavy (non-hydrogen) atoms. The summed E-state index contributed by atoms with van der Waals surface area (Å²) in [5.41, 5.74) is 2.70. The highest BCUT2D eigenvalue weighted by molar-refractivity contribution is 6.17. The van der Waals surface area contributed by atoms with Crippen molar-refractivity contribution in [3.05, 3.63) is 47.8 Å². The molecule has 0 saturated heterocycles. The molecule has 0 radical (unpaired) electrons. The van der Waals surface area contributed by atoms with E-state index in [-0.39, 0.29) is 0 Å². The highest BCUT2D eigenvalue weighted by atomic mass is 35.5. The lowest BCUT2D eigenvalue weighted by molar-refractivity contribution is 0.194. The van der Waals surface area contributed by atoms with Crippen molar-refractivity contribution in [2.45, 2.75) is 46.0 Å². The van der Waals surface area contributed by atoms with Crippen LogP contribution in [0.3, 0.4) is 0 Å². The summed E-state index contributed by atoms with van der Waals surface area (Å²) in [5, 5.41) is 0. The maximum Gasteiger partial charge on any atom is 0.111 e. The van der Waals surface area contributed by atoms with Crippen molar-refractivity contribution in [3.8, 4) is 0 Å². The molecule has 0 bridgehead atoms. The number of halogens is 1. The van der Waals surface area contributed by atoms with E-state index in [1.165, 1.54) is 24.0 Å². The predicted octanol–water partition coefficient (Wildman–Crippen LogP) is 5.72. The second kappa shape index (κ2) is 14.6. The minimum atomic E-state index is 0.663. The molecule has 2 nitrogen and oxygen atoms in total. The van der Waals surface area contributed by atoms with E-state index >= 15 is 0 Å². The second-order valence-electron chi connectivity index (χ2n) is 5.96. The molecule has 0 aromatic carbocycles. The molecule has 0 N–H and O–H groups in total. The van der Waals surface area contributed by atoms with Gasteiger partial charge >= 0.3 is 0 Å². The molecule has 0 aliphatic heterocycles. The van der Waals surface area contributed by atoms with Crippen LogP contribution in [-0.2, 0) is 4.74 Å². The highest BCUT2D eigenvalue weighted by Crippen LogP contribution is 2.17. The van der Waals surface area contributed by atoms with Crippen LogP contribution < -0.4 is 0 Å². The van der Waals surface area contributed by atoms with Gasteiger partial charge in [0.2, 0.25) is 0 Å². The molecule has 0 heterocycles. The first kappa shape index (κ1) is 22.0. The van der Waals surface area contributed by atoms with Gasteiger partial charge in [-0.3, -0.25) is 0 Å². The summed E-state index contributed by atoms with van der Waals surface area (Å²) in [5.74, 6) is 1.38. The van der Waals surface area contributed by atoms with Crippen LogP contribution in [0.1, 0.15) is 46.0 Å². The zero-order valence-corrected chi connectivity index (χ0v) is 16.2. The number of ether oxygens (including phenoxy) is 1. The van der Waals surface area contributed by atoms with Crippen molar-refractivity contribution in [3.63, 3.8) is 0 Å². The van der Waals surface area contributed by atoms with Gasteiger partial charge in [-0.25, -0.2) is 0 Å². The first-order chi connectivity index (χ1) is 11.0. The van der Waals surface area contributed by atoms with Gasteiger partial charge in [0.15, 0.2) is 0 Å². The lowest BCUT2D eigenvalue weighted by Crippen LogP contribution is -2.17. The topological polar surface area (TPSA) is 12.5 Å². The first-order valence-corrected chi connectivity index (χ1v) is 9.09. The third kappa shape index (κ3) is 13.2. The van der Waals surface area contributed by atoms with Gasteiger partial charge < -0.3 is 9.64 Å². The van der Waals surface area contributed by atoms with Crippen molar-refractivity contribution in [1.29, 1.82) is 0 Å². The number of hydrogen-bond donors (Lipinski definition) is 0. The summed E-state index contributed by atoms with van der Waals surface area (Å²) in [6.45, 7) is 9.90. The van der Waals surface area contributed by atoms with E-state index in [4.69, 9.17) is 16.3 Å². The average Bonchev–Trinajstić information content (AvgIpc) is 2.50. The van der Waals surface area contributed by atoms with Crippen LogP contribution in [0.5, 0.6) is 0 Å². The zero-order chi connectivity index (χ0) is 17.5. The maximum atomic E-state index is 5.82. The monoisotopic (exact) mass is 339 g/mol. The molecule has 0 aliphatic rings. The summed E-state index contributed by atoms with van der Waals surface area (Å²) < 4.78 is 5.58. The number of hydrogen-bond acceptors (Lipinski definition) is 2. The molecule has 0 unspecified atom stereocenters. The Morgan fingerprint density at radius 1 is 1.22 bits per heavy atom. The minimum Gasteiger partial charge on any atom is -0.493 e. The van der Waals surface area contributed by atoms with E-state index in [0.29, 0.717) is 12.5 Å². The van der Waals surface area contributed by atoms with Gasteiger partial charge in [0, 0.05) is 12.4 Å². The highest BCUT2D eigenvalue weighted by Gasteiger charge is 1.99. The fourth-order valence-electron chi connectivity index (χ4n) is 2.01. The molecule has 0 rings (SSSR count). The average molecular weight is 340 g/mol. The van der Waals surface area contributed by atoms with Gasteiger partial charge in [-0.1, -0.05) is 50.1 Å². The first-order valence-electron chi connectivity index (χ1n) is 8.56. The fourth-order valence-corrected chi connectivity index (χ4v) is 2.12. The number of nitrogens with zero attached hydrogens (tertiary/aromatic N) is 1. The van der Waals surface area contributed by atoms with Crippen LogP contribution in [0.4, 0.5) is 0 Å². The fraction of sp³-hybridized carbons (Fsp3) is 0.600. The Hall–Kier alpha value is -0.990. The number of allylic oxidation sites excluding steroid dienone is 6. The van der Waals surface area contributed by atoms with Gasteiger partial charge in [-0.2, -0.15) is 0 Å². The summed E-state index contributed by atoms with van der Waals surface area (Å²) in [4.78, 5) is 2.09. The van der Waals surface area contributed by atoms with Crippen molar-refractivity contribution in [2.24, 2.45) is 0 Å². The van der Waals surface area contributed by atoms with Crippen molar-refractivity contribution >= 4 is 11.6 Å². The van der Waals surface area contributed by atoms with E-state index in [1.807, 2.05) is 20.2 Å². The lowest BCUT2D eigenvalue weighted by Gasteiger charge is -2.11. The maximum absolute atomic E-state index is 5.82. The van der Waals surface area contributed by atoms with E-state index in [1.54, 1.807) is 0 Å². The Bertz CT molecular complexity index is 408. The normalized spacial score (nSPS) is 13.1. The Labute approximate surface area is 148 Å². The lowest BCUT2D eigenvalue weighted by atomic mass is 10.0. The summed E-state index contributed by atoms with van der Waals surface area (Å²) >= 11 is 5.82. The van der Waals surface area contributed by atoms with Crippen LogP contribution in [0, 0.1) is 0 Å². The summed E-state index contributed by atoms with van der Waals surface area (Å²) in [6, 6.07) is 0. The third-order valence-electron chi connectivity index (χ3n) is 3.48. The standard InChI is InChI=1S/C20H34ClNO/c1-6-7-8-11-18(2)20(14-10-15-21)13-9-12-19(3)23-17-16-22(4)5/h9,11-12,14H,3,6-8,10,13,15-17H2,1-2,4-5H3. The van der Waals surface area contributed by atoms with Crippen LogP contribution in [0.2, 0.25) is 0 Å². The molecule has 0 aromatic rings. The van der Waals surface area contributed by atoms with Crippen LogP contribution in [0.25, 0.3) is 0 Å². The third-order valence-corrected chi connectivity index (χ3v) is 3.70. The van der Waals surface area contributed by atoms with Gasteiger partial charge in [-0.05, 0) is 51.9 Å². The van der Waals surface area contributed by atoms with E-state index in [0.717, 1.165) is 31.6 Å².